The number of nitrogens with zero attached hydrogens (tertiary/aromatic N) is 3. The molecular formula is C22H22FN3OS. The fourth-order valence-corrected chi connectivity index (χ4v) is 3.76. The van der Waals surface area contributed by atoms with Gasteiger partial charge in [-0.3, -0.25) is 4.90 Å². The lowest BCUT2D eigenvalue weighted by Crippen LogP contribution is -2.22. The van der Waals surface area contributed by atoms with E-state index in [1.807, 2.05) is 42.6 Å². The molecule has 144 valence electrons. The van der Waals surface area contributed by atoms with Crippen molar-refractivity contribution in [3.05, 3.63) is 87.1 Å². The van der Waals surface area contributed by atoms with Gasteiger partial charge in [0.1, 0.15) is 16.9 Å². The van der Waals surface area contributed by atoms with Crippen LogP contribution in [0.15, 0.2) is 53.9 Å². The summed E-state index contributed by atoms with van der Waals surface area (Å²) in [5, 5.41) is 12.0. The van der Waals surface area contributed by atoms with E-state index in [0.717, 1.165) is 21.8 Å². The maximum Gasteiger partial charge on any atom is 0.123 e. The lowest BCUT2D eigenvalue weighted by molar-refractivity contribution is 0.119. The van der Waals surface area contributed by atoms with E-state index in [4.69, 9.17) is 10.00 Å². The van der Waals surface area contributed by atoms with Crippen molar-refractivity contribution < 1.29 is 9.13 Å². The number of hydrogen-bond acceptors (Lipinski definition) is 5. The Labute approximate surface area is 168 Å². The number of methoxy groups -OCH3 is 1. The van der Waals surface area contributed by atoms with Gasteiger partial charge in [0.15, 0.2) is 0 Å². The predicted octanol–water partition coefficient (Wildman–Crippen LogP) is 5.06. The summed E-state index contributed by atoms with van der Waals surface area (Å²) in [4.78, 5) is 6.90. The Hall–Kier alpha value is -2.59. The average molecular weight is 396 g/mol. The molecule has 0 unspecified atom stereocenters. The van der Waals surface area contributed by atoms with Crippen LogP contribution in [0, 0.1) is 17.1 Å². The topological polar surface area (TPSA) is 49.1 Å². The Morgan fingerprint density at radius 2 is 1.89 bits per heavy atom. The maximum absolute atomic E-state index is 13.6. The molecule has 0 aliphatic carbocycles. The molecule has 28 heavy (non-hydrogen) atoms. The Bertz CT molecular complexity index is 949. The average Bonchev–Trinajstić information content (AvgIpc) is 3.16. The number of aromatic nitrogens is 1. The van der Waals surface area contributed by atoms with Gasteiger partial charge in [-0.25, -0.2) is 9.37 Å². The minimum atomic E-state index is -0.235. The van der Waals surface area contributed by atoms with Gasteiger partial charge in [0.05, 0.1) is 17.3 Å². The number of hydrogen-bond donors (Lipinski definition) is 0. The van der Waals surface area contributed by atoms with Gasteiger partial charge in [0.25, 0.3) is 0 Å². The molecule has 0 fully saturated rings. The lowest BCUT2D eigenvalue weighted by atomic mass is 10.1. The van der Waals surface area contributed by atoms with Crippen LogP contribution < -0.4 is 0 Å². The summed E-state index contributed by atoms with van der Waals surface area (Å²) in [5.41, 5.74) is 3.61. The molecule has 6 heteroatoms. The first-order valence-corrected chi connectivity index (χ1v) is 9.88. The quantitative estimate of drug-likeness (QED) is 0.535. The smallest absolute Gasteiger partial charge is 0.123 e. The number of thiazole rings is 1. The Balaban J connectivity index is 1.78. The van der Waals surface area contributed by atoms with E-state index in [1.165, 1.54) is 6.07 Å². The highest BCUT2D eigenvalue weighted by atomic mass is 32.1. The van der Waals surface area contributed by atoms with E-state index in [2.05, 4.69) is 16.0 Å². The van der Waals surface area contributed by atoms with Crippen LogP contribution in [0.2, 0.25) is 0 Å². The zero-order valence-electron chi connectivity index (χ0n) is 15.9. The van der Waals surface area contributed by atoms with Crippen LogP contribution in [-0.2, 0) is 24.4 Å². The van der Waals surface area contributed by atoms with Crippen LogP contribution in [0.4, 0.5) is 4.39 Å². The van der Waals surface area contributed by atoms with Gasteiger partial charge in [0, 0.05) is 32.1 Å². The third-order valence-corrected chi connectivity index (χ3v) is 5.50. The van der Waals surface area contributed by atoms with Gasteiger partial charge in [-0.05, 0) is 42.3 Å². The second-order valence-electron chi connectivity index (χ2n) is 6.64. The second-order valence-corrected chi connectivity index (χ2v) is 7.53. The Morgan fingerprint density at radius 1 is 1.14 bits per heavy atom. The predicted molar refractivity (Wildman–Crippen MR) is 108 cm³/mol. The summed E-state index contributed by atoms with van der Waals surface area (Å²) in [7, 11) is 1.67. The van der Waals surface area contributed by atoms with Gasteiger partial charge in [-0.2, -0.15) is 5.26 Å². The second kappa shape index (κ2) is 9.56. The SMILES string of the molecule is CO[C@H](C)c1nc(CN(Cc2ccc(C#N)cc2)Cc2cccc(F)c2)cs1. The molecule has 1 atom stereocenters. The van der Waals surface area contributed by atoms with Crippen LogP contribution >= 0.6 is 11.3 Å². The summed E-state index contributed by atoms with van der Waals surface area (Å²) in [6.07, 6.45) is -0.0334. The fourth-order valence-electron chi connectivity index (χ4n) is 2.92. The minimum Gasteiger partial charge on any atom is -0.375 e. The van der Waals surface area contributed by atoms with Crippen LogP contribution in [-0.4, -0.2) is 17.0 Å². The van der Waals surface area contributed by atoms with Crippen LogP contribution in [0.5, 0.6) is 0 Å². The number of rotatable bonds is 8. The molecule has 0 N–H and O–H groups in total. The molecule has 1 aromatic heterocycles. The van der Waals surface area contributed by atoms with Gasteiger partial charge in [0.2, 0.25) is 0 Å². The molecule has 0 aliphatic rings. The highest BCUT2D eigenvalue weighted by molar-refractivity contribution is 7.09. The summed E-state index contributed by atoms with van der Waals surface area (Å²) >= 11 is 1.59. The van der Waals surface area contributed by atoms with Crippen LogP contribution in [0.1, 0.15) is 40.4 Å². The number of nitriles is 1. The molecule has 2 aromatic carbocycles. The standard InChI is InChI=1S/C22H22FN3OS/c1-16(27-2)22-25-21(15-28-22)14-26(13-19-4-3-5-20(23)10-19)12-18-8-6-17(11-24)7-9-18/h3-10,15-16H,12-14H2,1-2H3/t16-/m1/s1. The molecule has 0 spiro atoms. The highest BCUT2D eigenvalue weighted by Gasteiger charge is 2.14. The molecule has 0 saturated heterocycles. The normalized spacial score (nSPS) is 12.1. The zero-order valence-corrected chi connectivity index (χ0v) is 16.7. The van der Waals surface area contributed by atoms with Gasteiger partial charge in [-0.1, -0.05) is 24.3 Å². The molecule has 0 amide bonds. The first-order chi connectivity index (χ1) is 13.6. The Morgan fingerprint density at radius 3 is 2.57 bits per heavy atom. The van der Waals surface area contributed by atoms with Crippen LogP contribution in [0.3, 0.4) is 0 Å². The summed E-state index contributed by atoms with van der Waals surface area (Å²) in [6.45, 7) is 3.90. The monoisotopic (exact) mass is 395 g/mol. The van der Waals surface area contributed by atoms with Crippen molar-refractivity contribution in [3.63, 3.8) is 0 Å². The van der Waals surface area contributed by atoms with E-state index in [-0.39, 0.29) is 11.9 Å². The van der Waals surface area contributed by atoms with Gasteiger partial charge in [-0.15, -0.1) is 11.3 Å². The number of ether oxygens (including phenoxy) is 1. The number of halogens is 1. The lowest BCUT2D eigenvalue weighted by Gasteiger charge is -2.22. The molecule has 3 aromatic rings. The van der Waals surface area contributed by atoms with E-state index >= 15 is 0 Å². The summed E-state index contributed by atoms with van der Waals surface area (Å²) < 4.78 is 19.0. The molecule has 1 heterocycles. The number of benzene rings is 2. The summed E-state index contributed by atoms with van der Waals surface area (Å²) in [5.74, 6) is -0.235. The molecular weight excluding hydrogens is 373 g/mol. The van der Waals surface area contributed by atoms with E-state index in [9.17, 15) is 4.39 Å². The molecule has 0 bridgehead atoms. The van der Waals surface area contributed by atoms with Crippen molar-refractivity contribution in [2.45, 2.75) is 32.7 Å². The van der Waals surface area contributed by atoms with Crippen molar-refractivity contribution in [3.8, 4) is 6.07 Å². The largest absolute Gasteiger partial charge is 0.375 e. The van der Waals surface area contributed by atoms with Crippen molar-refractivity contribution in [2.24, 2.45) is 0 Å². The molecule has 0 saturated carbocycles. The Kier molecular flexibility index (Phi) is 6.88. The highest BCUT2D eigenvalue weighted by Crippen LogP contribution is 2.22. The van der Waals surface area contributed by atoms with Gasteiger partial charge >= 0.3 is 0 Å². The first-order valence-electron chi connectivity index (χ1n) is 9.00. The fraction of sp³-hybridized carbons (Fsp3) is 0.273. The molecule has 3 rings (SSSR count). The van der Waals surface area contributed by atoms with Crippen LogP contribution in [0.25, 0.3) is 0 Å². The third-order valence-electron chi connectivity index (χ3n) is 4.44. The molecule has 4 nitrogen and oxygen atoms in total. The molecule has 0 radical (unpaired) electrons. The van der Waals surface area contributed by atoms with Crippen molar-refractivity contribution in [2.75, 3.05) is 7.11 Å². The molecule has 0 aliphatic heterocycles. The first kappa shape index (κ1) is 20.2. The van der Waals surface area contributed by atoms with E-state index < -0.39 is 0 Å². The van der Waals surface area contributed by atoms with E-state index in [0.29, 0.717) is 25.2 Å². The maximum atomic E-state index is 13.6. The van der Waals surface area contributed by atoms with Gasteiger partial charge < -0.3 is 4.74 Å². The zero-order chi connectivity index (χ0) is 19.9. The summed E-state index contributed by atoms with van der Waals surface area (Å²) in [6, 6.07) is 16.3. The minimum absolute atomic E-state index is 0.0334. The van der Waals surface area contributed by atoms with Crippen molar-refractivity contribution in [1.82, 2.24) is 9.88 Å². The third kappa shape index (κ3) is 5.46. The van der Waals surface area contributed by atoms with E-state index in [1.54, 1.807) is 30.6 Å². The van der Waals surface area contributed by atoms with Crippen molar-refractivity contribution >= 4 is 11.3 Å². The van der Waals surface area contributed by atoms with Crippen molar-refractivity contribution in [1.29, 1.82) is 5.26 Å².